The summed E-state index contributed by atoms with van der Waals surface area (Å²) in [5.41, 5.74) is 1.95. The van der Waals surface area contributed by atoms with E-state index in [-0.39, 0.29) is 0 Å². The Morgan fingerprint density at radius 3 is 1.50 bits per heavy atom. The predicted molar refractivity (Wildman–Crippen MR) is 88.2 cm³/mol. The third-order valence-electron chi connectivity index (χ3n) is 2.81. The number of hydrogen-bond acceptors (Lipinski definition) is 3. The minimum absolute atomic E-state index is 0.458. The van der Waals surface area contributed by atoms with Crippen molar-refractivity contribution >= 4 is 20.4 Å². The van der Waals surface area contributed by atoms with Crippen molar-refractivity contribution < 1.29 is 13.3 Å². The zero-order chi connectivity index (χ0) is 15.1. The van der Waals surface area contributed by atoms with Gasteiger partial charge in [-0.05, 0) is 25.0 Å². The lowest BCUT2D eigenvalue weighted by Gasteiger charge is -2.27. The summed E-state index contributed by atoms with van der Waals surface area (Å²) in [5.74, 6) is 0.458. The lowest BCUT2D eigenvalue weighted by atomic mass is 10.4. The average molecular weight is 323 g/mol. The Morgan fingerprint density at radius 2 is 1.20 bits per heavy atom. The quantitative estimate of drug-likeness (QED) is 0.263. The van der Waals surface area contributed by atoms with Gasteiger partial charge in [0.2, 0.25) is 0 Å². The zero-order valence-electron chi connectivity index (χ0n) is 13.3. The number of halogens is 1. The van der Waals surface area contributed by atoms with Gasteiger partial charge in [0.15, 0.2) is 0 Å². The van der Waals surface area contributed by atoms with Crippen LogP contribution >= 0.6 is 11.6 Å². The van der Waals surface area contributed by atoms with Crippen molar-refractivity contribution in [2.75, 3.05) is 25.7 Å². The Morgan fingerprint density at radius 1 is 0.800 bits per heavy atom. The van der Waals surface area contributed by atoms with Gasteiger partial charge in [-0.2, -0.15) is 0 Å². The second kappa shape index (κ2) is 14.1. The summed E-state index contributed by atoms with van der Waals surface area (Å²) in [5, 5.41) is 0. The smallest absolute Gasteiger partial charge is 0.370 e. The molecule has 0 heterocycles. The van der Waals surface area contributed by atoms with E-state index in [4.69, 9.17) is 24.9 Å². The maximum atomic E-state index is 6.01. The molecule has 0 aromatic heterocycles. The molecule has 0 aliphatic rings. The molecule has 0 N–H and O–H groups in total. The first-order valence-electron chi connectivity index (χ1n) is 7.90. The number of alkyl halides is 1. The highest BCUT2D eigenvalue weighted by molar-refractivity contribution is 6.66. The van der Waals surface area contributed by atoms with E-state index in [0.29, 0.717) is 25.7 Å². The molecule has 0 aliphatic carbocycles. The van der Waals surface area contributed by atoms with Crippen molar-refractivity contribution in [3.63, 3.8) is 0 Å². The van der Waals surface area contributed by atoms with Gasteiger partial charge in [-0.3, -0.25) is 0 Å². The van der Waals surface area contributed by atoms with Gasteiger partial charge in [0.1, 0.15) is 0 Å². The van der Waals surface area contributed by atoms with Crippen LogP contribution in [0.3, 0.4) is 0 Å². The molecule has 0 fully saturated rings. The molecule has 0 aromatic rings. The van der Waals surface area contributed by atoms with Crippen molar-refractivity contribution in [1.82, 2.24) is 0 Å². The Bertz CT molecular complexity index is 211. The third-order valence-corrected chi connectivity index (χ3v) is 5.46. The summed E-state index contributed by atoms with van der Waals surface area (Å²) >= 11 is 5.76. The average Bonchev–Trinajstić information content (AvgIpc) is 2.46. The highest BCUT2D eigenvalue weighted by Gasteiger charge is 2.38. The van der Waals surface area contributed by atoms with E-state index in [1.165, 1.54) is 0 Å². The van der Waals surface area contributed by atoms with Crippen LogP contribution in [0.2, 0.25) is 0 Å². The molecule has 0 bridgehead atoms. The standard InChI is InChI=1S/C15H31ClO3Si/c1-4-7-12-17-20(15-10-11-16,18-13-8-5-2)19-14-9-6-3/h10,15H,4-9,11-14H2,1-3H3. The fourth-order valence-corrected chi connectivity index (χ4v) is 4.00. The molecular weight excluding hydrogens is 292 g/mol. The lowest BCUT2D eigenvalue weighted by molar-refractivity contribution is 0.0684. The van der Waals surface area contributed by atoms with Crippen molar-refractivity contribution in [2.45, 2.75) is 59.3 Å². The van der Waals surface area contributed by atoms with E-state index < -0.39 is 8.80 Å². The van der Waals surface area contributed by atoms with E-state index in [1.807, 2.05) is 11.8 Å². The minimum atomic E-state index is -2.69. The van der Waals surface area contributed by atoms with Gasteiger partial charge in [-0.15, -0.1) is 11.6 Å². The molecule has 0 atom stereocenters. The highest BCUT2D eigenvalue weighted by Crippen LogP contribution is 2.15. The summed E-state index contributed by atoms with van der Waals surface area (Å²) in [6.07, 6.45) is 8.28. The van der Waals surface area contributed by atoms with Crippen molar-refractivity contribution in [3.8, 4) is 0 Å². The van der Waals surface area contributed by atoms with Gasteiger partial charge in [-0.25, -0.2) is 0 Å². The Hall–Kier alpha value is 0.127. The SMILES string of the molecule is CCCCO[Si](C=CCCl)(OCCCC)OCCCC. The summed E-state index contributed by atoms with van der Waals surface area (Å²) in [4.78, 5) is 0. The van der Waals surface area contributed by atoms with Crippen molar-refractivity contribution in [2.24, 2.45) is 0 Å². The summed E-state index contributed by atoms with van der Waals surface area (Å²) < 4.78 is 18.0. The van der Waals surface area contributed by atoms with Crippen LogP contribution < -0.4 is 0 Å². The molecule has 3 nitrogen and oxygen atoms in total. The summed E-state index contributed by atoms with van der Waals surface area (Å²) in [6.45, 7) is 8.51. The van der Waals surface area contributed by atoms with Crippen LogP contribution in [-0.2, 0) is 13.3 Å². The van der Waals surface area contributed by atoms with Crippen LogP contribution in [-0.4, -0.2) is 34.5 Å². The first-order valence-corrected chi connectivity index (χ1v) is 10.2. The summed E-state index contributed by atoms with van der Waals surface area (Å²) in [6, 6.07) is 0. The van der Waals surface area contributed by atoms with E-state index in [1.54, 1.807) is 0 Å². The molecule has 0 saturated heterocycles. The van der Waals surface area contributed by atoms with E-state index in [2.05, 4.69) is 20.8 Å². The monoisotopic (exact) mass is 322 g/mol. The molecule has 0 radical (unpaired) electrons. The molecule has 0 spiro atoms. The predicted octanol–water partition coefficient (Wildman–Crippen LogP) is 4.71. The first kappa shape index (κ1) is 20.1. The molecule has 0 saturated carbocycles. The molecule has 0 aromatic carbocycles. The second-order valence-corrected chi connectivity index (χ2v) is 7.48. The normalized spacial score (nSPS) is 12.4. The van der Waals surface area contributed by atoms with Gasteiger partial charge in [0, 0.05) is 25.7 Å². The largest absolute Gasteiger partial charge is 0.529 e. The van der Waals surface area contributed by atoms with Crippen LogP contribution in [0, 0.1) is 0 Å². The van der Waals surface area contributed by atoms with Gasteiger partial charge in [0.05, 0.1) is 0 Å². The highest BCUT2D eigenvalue weighted by atomic mass is 35.5. The molecule has 0 aliphatic heterocycles. The van der Waals surface area contributed by atoms with Gasteiger partial charge in [0.25, 0.3) is 0 Å². The van der Waals surface area contributed by atoms with Crippen LogP contribution in [0.1, 0.15) is 59.3 Å². The fraction of sp³-hybridized carbons (Fsp3) is 0.867. The maximum Gasteiger partial charge on any atom is 0.529 e. The van der Waals surface area contributed by atoms with Crippen LogP contribution in [0.4, 0.5) is 0 Å². The molecule has 5 heteroatoms. The summed E-state index contributed by atoms with van der Waals surface area (Å²) in [7, 11) is -2.69. The molecule has 120 valence electrons. The number of allylic oxidation sites excluding steroid dienone is 1. The molecule has 0 rings (SSSR count). The Labute approximate surface area is 131 Å². The zero-order valence-corrected chi connectivity index (χ0v) is 15.1. The van der Waals surface area contributed by atoms with Crippen molar-refractivity contribution in [3.05, 3.63) is 11.8 Å². The molecular formula is C15H31ClO3Si. The van der Waals surface area contributed by atoms with E-state index in [0.717, 1.165) is 38.5 Å². The maximum absolute atomic E-state index is 6.01. The number of unbranched alkanes of at least 4 members (excludes halogenated alkanes) is 3. The number of rotatable bonds is 14. The van der Waals surface area contributed by atoms with Gasteiger partial charge in [-0.1, -0.05) is 46.1 Å². The Balaban J connectivity index is 4.61. The lowest BCUT2D eigenvalue weighted by Crippen LogP contribution is -2.45. The number of hydrogen-bond donors (Lipinski definition) is 0. The van der Waals surface area contributed by atoms with Crippen LogP contribution in [0.5, 0.6) is 0 Å². The molecule has 0 amide bonds. The van der Waals surface area contributed by atoms with E-state index in [9.17, 15) is 0 Å². The topological polar surface area (TPSA) is 27.7 Å². The van der Waals surface area contributed by atoms with Crippen LogP contribution in [0.15, 0.2) is 11.8 Å². The molecule has 0 unspecified atom stereocenters. The van der Waals surface area contributed by atoms with E-state index >= 15 is 0 Å². The van der Waals surface area contributed by atoms with Gasteiger partial charge >= 0.3 is 8.80 Å². The van der Waals surface area contributed by atoms with Crippen LogP contribution in [0.25, 0.3) is 0 Å². The Kier molecular flexibility index (Phi) is 14.2. The van der Waals surface area contributed by atoms with Gasteiger partial charge < -0.3 is 13.3 Å². The third kappa shape index (κ3) is 9.94. The second-order valence-electron chi connectivity index (χ2n) is 4.77. The first-order chi connectivity index (χ1) is 9.74. The van der Waals surface area contributed by atoms with Crippen molar-refractivity contribution in [1.29, 1.82) is 0 Å². The molecule has 20 heavy (non-hydrogen) atoms. The minimum Gasteiger partial charge on any atom is -0.370 e. The fourth-order valence-electron chi connectivity index (χ4n) is 1.53.